The average Bonchev–Trinajstić information content (AvgIpc) is 2.71. The van der Waals surface area contributed by atoms with Gasteiger partial charge >= 0.3 is 14.5 Å². The molecular weight excluding hydrogens is 406 g/mol. The number of hydrogen-bond acceptors (Lipinski definition) is 8. The number of esters is 1. The Kier molecular flexibility index (Phi) is 20.0. The lowest BCUT2D eigenvalue weighted by Gasteiger charge is -2.26. The largest absolute Gasteiger partial charge is 0.463 e. The zero-order valence-corrected chi connectivity index (χ0v) is 20.8. The Labute approximate surface area is 184 Å². The maximum absolute atomic E-state index is 12.0. The third-order valence-electron chi connectivity index (χ3n) is 4.30. The second kappa shape index (κ2) is 20.4. The van der Waals surface area contributed by atoms with Crippen molar-refractivity contribution in [3.05, 3.63) is 0 Å². The second-order valence-corrected chi connectivity index (χ2v) is 10.6. The Balaban J connectivity index is 3.60. The van der Waals surface area contributed by atoms with Crippen LogP contribution in [0.15, 0.2) is 0 Å². The SMILES string of the molecule is CCCOCCOCCOCCOC(=O)C(C)CNCCC[Si](C)(OCC)OCC. The van der Waals surface area contributed by atoms with Gasteiger partial charge in [-0.1, -0.05) is 13.8 Å². The van der Waals surface area contributed by atoms with Gasteiger partial charge < -0.3 is 33.1 Å². The fourth-order valence-electron chi connectivity index (χ4n) is 2.76. The molecule has 180 valence electrons. The molecule has 0 aromatic rings. The predicted molar refractivity (Wildman–Crippen MR) is 120 cm³/mol. The van der Waals surface area contributed by atoms with Crippen LogP contribution in [0.3, 0.4) is 0 Å². The molecule has 0 rings (SSSR count). The molecule has 1 atom stereocenters. The fraction of sp³-hybridized carbons (Fsp3) is 0.952. The Morgan fingerprint density at radius 1 is 0.867 bits per heavy atom. The average molecular weight is 452 g/mol. The summed E-state index contributed by atoms with van der Waals surface area (Å²) in [5.41, 5.74) is 0. The first kappa shape index (κ1) is 29.4. The van der Waals surface area contributed by atoms with Crippen LogP contribution in [0.4, 0.5) is 0 Å². The maximum atomic E-state index is 12.0. The number of ether oxygens (including phenoxy) is 4. The molecule has 1 unspecified atom stereocenters. The molecule has 0 fully saturated rings. The summed E-state index contributed by atoms with van der Waals surface area (Å²) >= 11 is 0. The van der Waals surface area contributed by atoms with E-state index in [1.807, 2.05) is 20.8 Å². The highest BCUT2D eigenvalue weighted by molar-refractivity contribution is 6.66. The van der Waals surface area contributed by atoms with Gasteiger partial charge in [0.25, 0.3) is 0 Å². The van der Waals surface area contributed by atoms with E-state index in [0.717, 1.165) is 32.0 Å². The molecule has 0 saturated heterocycles. The summed E-state index contributed by atoms with van der Waals surface area (Å²) in [6.45, 7) is 16.4. The van der Waals surface area contributed by atoms with E-state index in [1.165, 1.54) is 0 Å². The first-order chi connectivity index (χ1) is 14.5. The van der Waals surface area contributed by atoms with Crippen molar-refractivity contribution in [1.82, 2.24) is 5.32 Å². The van der Waals surface area contributed by atoms with E-state index < -0.39 is 8.56 Å². The van der Waals surface area contributed by atoms with Crippen molar-refractivity contribution >= 4 is 14.5 Å². The summed E-state index contributed by atoms with van der Waals surface area (Å²) in [4.78, 5) is 12.0. The van der Waals surface area contributed by atoms with Crippen molar-refractivity contribution in [3.63, 3.8) is 0 Å². The zero-order valence-electron chi connectivity index (χ0n) is 19.8. The van der Waals surface area contributed by atoms with Crippen molar-refractivity contribution in [2.75, 3.05) is 72.6 Å². The van der Waals surface area contributed by atoms with Gasteiger partial charge in [0, 0.05) is 26.4 Å². The Morgan fingerprint density at radius 2 is 1.40 bits per heavy atom. The minimum atomic E-state index is -2.05. The van der Waals surface area contributed by atoms with Crippen LogP contribution in [-0.4, -0.2) is 87.1 Å². The standard InChI is InChI=1S/C21H45NO7Si/c1-6-11-24-12-13-25-14-15-26-16-17-27-21(23)20(4)19-22-10-9-18-30(5,28-7-2)29-8-3/h20,22H,6-19H2,1-5H3. The molecule has 0 radical (unpaired) electrons. The summed E-state index contributed by atoms with van der Waals surface area (Å²) < 4.78 is 33.0. The van der Waals surface area contributed by atoms with E-state index >= 15 is 0 Å². The van der Waals surface area contributed by atoms with Crippen molar-refractivity contribution in [2.24, 2.45) is 5.92 Å². The molecule has 0 bridgehead atoms. The maximum Gasteiger partial charge on any atom is 0.334 e. The smallest absolute Gasteiger partial charge is 0.334 e. The van der Waals surface area contributed by atoms with Crippen molar-refractivity contribution in [2.45, 2.75) is 53.1 Å². The van der Waals surface area contributed by atoms with Gasteiger partial charge in [0.1, 0.15) is 6.61 Å². The monoisotopic (exact) mass is 451 g/mol. The van der Waals surface area contributed by atoms with Gasteiger partial charge in [-0.05, 0) is 45.8 Å². The highest BCUT2D eigenvalue weighted by atomic mass is 28.4. The summed E-state index contributed by atoms with van der Waals surface area (Å²) in [5, 5.41) is 3.32. The molecule has 0 saturated carbocycles. The molecule has 0 aromatic heterocycles. The van der Waals surface area contributed by atoms with Gasteiger partial charge in [-0.2, -0.15) is 0 Å². The first-order valence-electron chi connectivity index (χ1n) is 11.4. The number of carbonyl (C=O) groups excluding carboxylic acids is 1. The summed E-state index contributed by atoms with van der Waals surface area (Å²) in [5.74, 6) is -0.405. The minimum Gasteiger partial charge on any atom is -0.463 e. The van der Waals surface area contributed by atoms with E-state index in [9.17, 15) is 4.79 Å². The molecule has 8 nitrogen and oxygen atoms in total. The quantitative estimate of drug-likeness (QED) is 0.153. The number of rotatable bonds is 22. The van der Waals surface area contributed by atoms with Crippen LogP contribution in [0.2, 0.25) is 12.6 Å². The number of carbonyl (C=O) groups is 1. The normalized spacial score (nSPS) is 12.8. The first-order valence-corrected chi connectivity index (χ1v) is 13.9. The lowest BCUT2D eigenvalue weighted by Crippen LogP contribution is -2.39. The molecule has 0 aliphatic heterocycles. The number of hydrogen-bond donors (Lipinski definition) is 1. The van der Waals surface area contributed by atoms with E-state index in [4.69, 9.17) is 27.8 Å². The van der Waals surface area contributed by atoms with Gasteiger partial charge in [-0.15, -0.1) is 0 Å². The molecule has 0 aliphatic carbocycles. The summed E-state index contributed by atoms with van der Waals surface area (Å²) in [7, 11) is -2.05. The summed E-state index contributed by atoms with van der Waals surface area (Å²) in [6.07, 6.45) is 1.98. The molecule has 9 heteroatoms. The van der Waals surface area contributed by atoms with E-state index in [2.05, 4.69) is 18.8 Å². The molecule has 0 aliphatic rings. The zero-order chi connectivity index (χ0) is 22.5. The molecular formula is C21H45NO7Si. The third kappa shape index (κ3) is 17.2. The van der Waals surface area contributed by atoms with Crippen molar-refractivity contribution in [1.29, 1.82) is 0 Å². The lowest BCUT2D eigenvalue weighted by atomic mass is 10.2. The third-order valence-corrected chi connectivity index (χ3v) is 7.36. The van der Waals surface area contributed by atoms with Crippen LogP contribution in [0.1, 0.15) is 40.5 Å². The number of nitrogens with one attached hydrogen (secondary N) is 1. The van der Waals surface area contributed by atoms with E-state index in [-0.39, 0.29) is 18.5 Å². The molecule has 0 aromatic carbocycles. The second-order valence-electron chi connectivity index (χ2n) is 7.21. The van der Waals surface area contributed by atoms with Gasteiger partial charge in [-0.25, -0.2) is 0 Å². The Morgan fingerprint density at radius 3 is 1.93 bits per heavy atom. The molecule has 30 heavy (non-hydrogen) atoms. The molecule has 0 spiro atoms. The highest BCUT2D eigenvalue weighted by Gasteiger charge is 2.29. The van der Waals surface area contributed by atoms with Gasteiger partial charge in [0.2, 0.25) is 0 Å². The highest BCUT2D eigenvalue weighted by Crippen LogP contribution is 2.15. The Hall–Kier alpha value is -0.553. The molecule has 1 N–H and O–H groups in total. The van der Waals surface area contributed by atoms with Gasteiger partial charge in [0.05, 0.1) is 39.0 Å². The molecule has 0 amide bonds. The van der Waals surface area contributed by atoms with Crippen molar-refractivity contribution < 1.29 is 32.6 Å². The summed E-state index contributed by atoms with van der Waals surface area (Å²) in [6, 6.07) is 0.938. The minimum absolute atomic E-state index is 0.195. The van der Waals surface area contributed by atoms with Crippen LogP contribution in [0.5, 0.6) is 0 Å². The van der Waals surface area contributed by atoms with Crippen LogP contribution in [-0.2, 0) is 32.6 Å². The molecule has 0 heterocycles. The van der Waals surface area contributed by atoms with Crippen molar-refractivity contribution in [3.8, 4) is 0 Å². The van der Waals surface area contributed by atoms with E-state index in [0.29, 0.717) is 52.8 Å². The lowest BCUT2D eigenvalue weighted by molar-refractivity contribution is -0.149. The van der Waals surface area contributed by atoms with Crippen LogP contribution in [0.25, 0.3) is 0 Å². The van der Waals surface area contributed by atoms with Gasteiger partial charge in [-0.3, -0.25) is 4.79 Å². The van der Waals surface area contributed by atoms with E-state index in [1.54, 1.807) is 0 Å². The van der Waals surface area contributed by atoms with Crippen LogP contribution >= 0.6 is 0 Å². The Bertz CT molecular complexity index is 396. The van der Waals surface area contributed by atoms with Crippen LogP contribution in [0, 0.1) is 5.92 Å². The van der Waals surface area contributed by atoms with Gasteiger partial charge in [0.15, 0.2) is 0 Å². The topological polar surface area (TPSA) is 84.5 Å². The predicted octanol–water partition coefficient (Wildman–Crippen LogP) is 2.75. The van der Waals surface area contributed by atoms with Crippen LogP contribution < -0.4 is 5.32 Å². The fourth-order valence-corrected chi connectivity index (χ4v) is 5.18.